The lowest BCUT2D eigenvalue weighted by molar-refractivity contribution is 0.0931. The summed E-state index contributed by atoms with van der Waals surface area (Å²) >= 11 is 0. The average Bonchev–Trinajstić information content (AvgIpc) is 3.58. The van der Waals surface area contributed by atoms with E-state index in [1.54, 1.807) is 39.0 Å². The summed E-state index contributed by atoms with van der Waals surface area (Å²) < 4.78 is 31.5. The number of fused-ring (bicyclic) bond motifs is 1. The summed E-state index contributed by atoms with van der Waals surface area (Å²) in [6.45, 7) is 4.97. The highest BCUT2D eigenvalue weighted by molar-refractivity contribution is 6.08. The molecule has 0 bridgehead atoms. The van der Waals surface area contributed by atoms with Gasteiger partial charge in [0.15, 0.2) is 0 Å². The number of rotatable bonds is 5. The number of hydrogen-bond acceptors (Lipinski definition) is 4. The molecule has 34 heavy (non-hydrogen) atoms. The zero-order chi connectivity index (χ0) is 24.1. The van der Waals surface area contributed by atoms with E-state index in [9.17, 15) is 18.4 Å². The lowest BCUT2D eigenvalue weighted by Gasteiger charge is -2.22. The maximum Gasteiger partial charge on any atom is 0.280 e. The predicted molar refractivity (Wildman–Crippen MR) is 123 cm³/mol. The van der Waals surface area contributed by atoms with Crippen LogP contribution in [0, 0.1) is 38.3 Å². The van der Waals surface area contributed by atoms with Crippen LogP contribution in [0.5, 0.6) is 0 Å². The number of nitrogens with zero attached hydrogens (tertiary/aromatic N) is 4. The van der Waals surface area contributed by atoms with Crippen molar-refractivity contribution < 1.29 is 13.6 Å². The van der Waals surface area contributed by atoms with Crippen LogP contribution in [0.15, 0.2) is 47.3 Å². The zero-order valence-corrected chi connectivity index (χ0v) is 19.0. The van der Waals surface area contributed by atoms with Gasteiger partial charge < -0.3 is 5.32 Å². The molecule has 1 aliphatic carbocycles. The Bertz CT molecular complexity index is 1480. The highest BCUT2D eigenvalue weighted by Crippen LogP contribution is 2.41. The number of nitrogens with one attached hydrogen (secondary N) is 1. The molecule has 7 nitrogen and oxygen atoms in total. The molecule has 0 spiro atoms. The summed E-state index contributed by atoms with van der Waals surface area (Å²) in [5.74, 6) is -0.555. The molecule has 1 amide bonds. The second kappa shape index (κ2) is 8.16. The second-order valence-corrected chi connectivity index (χ2v) is 8.69. The van der Waals surface area contributed by atoms with Crippen LogP contribution in [0.25, 0.3) is 10.8 Å². The Morgan fingerprint density at radius 3 is 2.35 bits per heavy atom. The number of carbonyl (C=O) groups excluding carboxylic acids is 1. The van der Waals surface area contributed by atoms with Crippen molar-refractivity contribution >= 4 is 16.7 Å². The lowest BCUT2D eigenvalue weighted by Crippen LogP contribution is -2.36. The van der Waals surface area contributed by atoms with Gasteiger partial charge in [0.1, 0.15) is 23.3 Å². The Hall–Kier alpha value is -3.88. The fraction of sp³-hybridized carbons (Fsp3) is 0.280. The van der Waals surface area contributed by atoms with Crippen LogP contribution >= 0.6 is 0 Å². The van der Waals surface area contributed by atoms with Crippen molar-refractivity contribution in [1.82, 2.24) is 24.9 Å². The van der Waals surface area contributed by atoms with E-state index >= 15 is 0 Å². The molecule has 1 fully saturated rings. The minimum Gasteiger partial charge on any atom is -0.345 e. The number of benzene rings is 2. The molecule has 0 saturated heterocycles. The van der Waals surface area contributed by atoms with Crippen LogP contribution in [0.2, 0.25) is 0 Å². The van der Waals surface area contributed by atoms with Gasteiger partial charge in [0.05, 0.1) is 22.7 Å². The Kier molecular flexibility index (Phi) is 5.27. The molecule has 1 atom stereocenters. The summed E-state index contributed by atoms with van der Waals surface area (Å²) in [5.41, 5.74) is 0.545. The van der Waals surface area contributed by atoms with Crippen molar-refractivity contribution in [2.75, 3.05) is 0 Å². The molecule has 4 aromatic rings. The molecule has 2 aromatic carbocycles. The highest BCUT2D eigenvalue weighted by atomic mass is 19.1. The minimum absolute atomic E-state index is 0.170. The van der Waals surface area contributed by atoms with Gasteiger partial charge in [0, 0.05) is 5.39 Å². The quantitative estimate of drug-likeness (QED) is 0.485. The molecule has 0 unspecified atom stereocenters. The third kappa shape index (κ3) is 3.57. The van der Waals surface area contributed by atoms with Crippen LogP contribution in [-0.4, -0.2) is 25.5 Å². The Morgan fingerprint density at radius 2 is 1.71 bits per heavy atom. The van der Waals surface area contributed by atoms with Gasteiger partial charge in [-0.3, -0.25) is 9.59 Å². The standard InChI is InChI=1S/C25H23F2N5O2/c1-13-21(24(33)28-23(16-10-11-16)17-6-4-7-18(26)12-17)19-8-5-9-20(27)22(19)25(34)31(13)32-14(2)29-30-15(32)3/h4-9,12,16,23H,10-11H2,1-3H3,(H,28,33)/t23-/m0/s1. The van der Waals surface area contributed by atoms with Gasteiger partial charge in [-0.05, 0) is 63.3 Å². The molecule has 0 radical (unpaired) electrons. The fourth-order valence-corrected chi connectivity index (χ4v) is 4.61. The number of halogens is 2. The number of pyridine rings is 1. The molecule has 9 heteroatoms. The molecule has 1 saturated carbocycles. The summed E-state index contributed by atoms with van der Waals surface area (Å²) in [6.07, 6.45) is 1.82. The van der Waals surface area contributed by atoms with E-state index in [2.05, 4.69) is 15.5 Å². The van der Waals surface area contributed by atoms with Crippen LogP contribution in [0.4, 0.5) is 8.78 Å². The number of hydrogen-bond donors (Lipinski definition) is 1. The van der Waals surface area contributed by atoms with E-state index in [-0.39, 0.29) is 28.1 Å². The van der Waals surface area contributed by atoms with E-state index in [1.807, 2.05) is 0 Å². The van der Waals surface area contributed by atoms with E-state index in [0.29, 0.717) is 22.9 Å². The first kappa shape index (κ1) is 21.9. The molecule has 1 N–H and O–H groups in total. The Morgan fingerprint density at radius 1 is 1.03 bits per heavy atom. The average molecular weight is 463 g/mol. The van der Waals surface area contributed by atoms with Crippen molar-refractivity contribution in [1.29, 1.82) is 0 Å². The van der Waals surface area contributed by atoms with Crippen LogP contribution in [-0.2, 0) is 0 Å². The van der Waals surface area contributed by atoms with E-state index < -0.39 is 23.3 Å². The number of amides is 1. The first-order valence-corrected chi connectivity index (χ1v) is 11.1. The lowest BCUT2D eigenvalue weighted by atomic mass is 9.99. The molecule has 2 aromatic heterocycles. The van der Waals surface area contributed by atoms with Crippen molar-refractivity contribution in [2.24, 2.45) is 5.92 Å². The molecule has 0 aliphatic heterocycles. The SMILES string of the molecule is Cc1nnc(C)n1-n1c(C)c(C(=O)N[C@H](c2cccc(F)c2)C2CC2)c2cccc(F)c2c1=O. The molecule has 174 valence electrons. The Balaban J connectivity index is 1.71. The number of carbonyl (C=O) groups is 1. The monoisotopic (exact) mass is 463 g/mol. The van der Waals surface area contributed by atoms with Crippen LogP contribution in [0.3, 0.4) is 0 Å². The number of aromatic nitrogens is 4. The molecule has 2 heterocycles. The van der Waals surface area contributed by atoms with Crippen molar-refractivity contribution in [3.05, 3.63) is 92.9 Å². The van der Waals surface area contributed by atoms with Crippen molar-refractivity contribution in [3.8, 4) is 0 Å². The minimum atomic E-state index is -0.724. The smallest absolute Gasteiger partial charge is 0.280 e. The van der Waals surface area contributed by atoms with Gasteiger partial charge in [0.2, 0.25) is 0 Å². The maximum atomic E-state index is 14.9. The van der Waals surface area contributed by atoms with Crippen LogP contribution < -0.4 is 10.9 Å². The molecular weight excluding hydrogens is 440 g/mol. The number of aryl methyl sites for hydroxylation is 2. The van der Waals surface area contributed by atoms with Gasteiger partial charge in [-0.2, -0.15) is 0 Å². The summed E-state index contributed by atoms with van der Waals surface area (Å²) in [7, 11) is 0. The fourth-order valence-electron chi connectivity index (χ4n) is 4.61. The van der Waals surface area contributed by atoms with Gasteiger partial charge in [-0.1, -0.05) is 24.3 Å². The van der Waals surface area contributed by atoms with E-state index in [1.165, 1.54) is 33.6 Å². The van der Waals surface area contributed by atoms with Crippen LogP contribution in [0.1, 0.15) is 52.1 Å². The largest absolute Gasteiger partial charge is 0.345 e. The van der Waals surface area contributed by atoms with Gasteiger partial charge >= 0.3 is 0 Å². The van der Waals surface area contributed by atoms with E-state index in [0.717, 1.165) is 12.8 Å². The van der Waals surface area contributed by atoms with Gasteiger partial charge in [-0.15, -0.1) is 10.2 Å². The first-order valence-electron chi connectivity index (χ1n) is 11.1. The maximum absolute atomic E-state index is 14.9. The third-order valence-electron chi connectivity index (χ3n) is 6.34. The summed E-state index contributed by atoms with van der Waals surface area (Å²) in [6, 6.07) is 9.99. The molecular formula is C25H23F2N5O2. The topological polar surface area (TPSA) is 81.8 Å². The third-order valence-corrected chi connectivity index (χ3v) is 6.34. The van der Waals surface area contributed by atoms with E-state index in [4.69, 9.17) is 0 Å². The molecule has 5 rings (SSSR count). The summed E-state index contributed by atoms with van der Waals surface area (Å²) in [5, 5.41) is 11.1. The van der Waals surface area contributed by atoms with Crippen molar-refractivity contribution in [2.45, 2.75) is 39.7 Å². The second-order valence-electron chi connectivity index (χ2n) is 8.69. The summed E-state index contributed by atoms with van der Waals surface area (Å²) in [4.78, 5) is 27.1. The highest BCUT2D eigenvalue weighted by Gasteiger charge is 2.35. The van der Waals surface area contributed by atoms with Gasteiger partial charge in [-0.25, -0.2) is 18.1 Å². The normalized spacial score (nSPS) is 14.4. The zero-order valence-electron chi connectivity index (χ0n) is 19.0. The molecule has 1 aliphatic rings. The van der Waals surface area contributed by atoms with Crippen molar-refractivity contribution in [3.63, 3.8) is 0 Å². The Labute approximate surface area is 194 Å². The predicted octanol–water partition coefficient (Wildman–Crippen LogP) is 3.99. The van der Waals surface area contributed by atoms with Gasteiger partial charge in [0.25, 0.3) is 11.5 Å². The first-order chi connectivity index (χ1) is 16.3.